The van der Waals surface area contributed by atoms with Crippen molar-refractivity contribution in [3.63, 3.8) is 0 Å². The first-order chi connectivity index (χ1) is 16.5. The number of benzene rings is 2. The Balaban J connectivity index is 1.52. The number of fused-ring (bicyclic) bond motifs is 1. The predicted octanol–water partition coefficient (Wildman–Crippen LogP) is 5.28. The van der Waals surface area contributed by atoms with Crippen LogP contribution in [0.15, 0.2) is 63.0 Å². The van der Waals surface area contributed by atoms with E-state index in [1.807, 2.05) is 60.0 Å². The summed E-state index contributed by atoms with van der Waals surface area (Å²) in [5.41, 5.74) is 5.08. The molecule has 0 saturated heterocycles. The minimum Gasteiger partial charge on any atom is -0.477 e. The third kappa shape index (κ3) is 3.95. The molecule has 2 aromatic carbocycles. The number of carboxylic acid groups (broad SMARTS) is 1. The Bertz CT molecular complexity index is 1560. The first-order valence-electron chi connectivity index (χ1n) is 10.6. The van der Waals surface area contributed by atoms with Crippen LogP contribution in [0.1, 0.15) is 27.0 Å². The van der Waals surface area contributed by atoms with E-state index in [1.54, 1.807) is 11.8 Å². The first kappa shape index (κ1) is 22.2. The summed E-state index contributed by atoms with van der Waals surface area (Å²) in [5.74, 6) is -0.391. The molecule has 0 atom stereocenters. The number of aromatic nitrogens is 4. The average Bonchev–Trinajstić information content (AvgIpc) is 3.51. The normalized spacial score (nSPS) is 11.4. The Morgan fingerprint density at radius 2 is 1.88 bits per heavy atom. The lowest BCUT2D eigenvalue weighted by molar-refractivity contribution is 0.0703. The summed E-state index contributed by atoms with van der Waals surface area (Å²) in [4.78, 5) is 33.1. The summed E-state index contributed by atoms with van der Waals surface area (Å²) in [5, 5.41) is 13.1. The van der Waals surface area contributed by atoms with Gasteiger partial charge in [0.15, 0.2) is 11.0 Å². The second kappa shape index (κ2) is 8.96. The lowest BCUT2D eigenvalue weighted by Gasteiger charge is -2.11. The molecule has 5 rings (SSSR count). The number of thioether (sulfide) groups is 1. The van der Waals surface area contributed by atoms with Gasteiger partial charge in [-0.3, -0.25) is 0 Å². The first-order valence-corrected chi connectivity index (χ1v) is 12.4. The molecule has 3 aromatic heterocycles. The minimum absolute atomic E-state index is 0.315. The average molecular weight is 493 g/mol. The van der Waals surface area contributed by atoms with Gasteiger partial charge in [0.05, 0.1) is 12.1 Å². The van der Waals surface area contributed by atoms with E-state index in [4.69, 9.17) is 9.51 Å². The number of nitrogens with zero attached hydrogens (tertiary/aromatic N) is 3. The highest BCUT2D eigenvalue weighted by molar-refractivity contribution is 7.99. The van der Waals surface area contributed by atoms with Crippen LogP contribution in [0.25, 0.3) is 33.5 Å². The molecule has 0 aliphatic rings. The summed E-state index contributed by atoms with van der Waals surface area (Å²) in [6.07, 6.45) is 0. The molecule has 34 heavy (non-hydrogen) atoms. The van der Waals surface area contributed by atoms with E-state index in [-0.39, 0.29) is 0 Å². The van der Waals surface area contributed by atoms with Crippen LogP contribution < -0.4 is 5.76 Å². The molecule has 10 heteroatoms. The van der Waals surface area contributed by atoms with Gasteiger partial charge >= 0.3 is 11.7 Å². The van der Waals surface area contributed by atoms with Crippen molar-refractivity contribution in [1.29, 1.82) is 0 Å². The van der Waals surface area contributed by atoms with Crippen molar-refractivity contribution in [3.8, 4) is 22.5 Å². The molecule has 2 N–H and O–H groups in total. The lowest BCUT2D eigenvalue weighted by atomic mass is 9.98. The molecule has 0 aliphatic carbocycles. The van der Waals surface area contributed by atoms with E-state index >= 15 is 0 Å². The van der Waals surface area contributed by atoms with Gasteiger partial charge in [-0.05, 0) is 29.4 Å². The van der Waals surface area contributed by atoms with E-state index in [9.17, 15) is 14.7 Å². The summed E-state index contributed by atoms with van der Waals surface area (Å²) in [7, 11) is 0. The molecule has 0 bridgehead atoms. The van der Waals surface area contributed by atoms with Gasteiger partial charge in [0.1, 0.15) is 10.4 Å². The number of nitrogens with one attached hydrogen (secondary N) is 1. The molecule has 0 aliphatic heterocycles. The fraction of sp³-hybridized carbons (Fsp3) is 0.167. The van der Waals surface area contributed by atoms with Crippen LogP contribution in [-0.4, -0.2) is 36.5 Å². The number of carboxylic acids is 1. The maximum absolute atomic E-state index is 11.9. The molecule has 0 saturated carbocycles. The number of aryl methyl sites for hydroxylation is 1. The summed E-state index contributed by atoms with van der Waals surface area (Å²) >= 11 is 2.86. The third-order valence-electron chi connectivity index (χ3n) is 5.43. The number of aromatic carboxylic acids is 1. The largest absolute Gasteiger partial charge is 0.477 e. The van der Waals surface area contributed by atoms with Crippen molar-refractivity contribution in [3.05, 3.63) is 74.4 Å². The topological polar surface area (TPSA) is 114 Å². The Hall–Kier alpha value is -3.63. The fourth-order valence-corrected chi connectivity index (χ4v) is 5.61. The van der Waals surface area contributed by atoms with Gasteiger partial charge in [-0.15, -0.1) is 11.3 Å². The molecule has 0 fully saturated rings. The SMILES string of the molecule is CCSc1nc2c(C)sc(C(=O)O)c2n1Cc1ccc(-c2ccccc2-c2nc(=O)o[nH]2)cc1. The van der Waals surface area contributed by atoms with Gasteiger partial charge in [-0.1, -0.05) is 67.2 Å². The number of imidazole rings is 1. The van der Waals surface area contributed by atoms with Crippen molar-refractivity contribution in [2.24, 2.45) is 0 Å². The molecule has 3 heterocycles. The van der Waals surface area contributed by atoms with Gasteiger partial charge in [0.2, 0.25) is 0 Å². The molecular weight excluding hydrogens is 472 g/mol. The van der Waals surface area contributed by atoms with Gasteiger partial charge in [-0.25, -0.2) is 14.6 Å². The standard InChI is InChI=1S/C24H20N4O4S2/c1-3-33-23-25-18-13(2)34-20(22(29)30)19(18)28(23)12-14-8-10-15(11-9-14)16-6-4-5-7-17(16)21-26-24(31)32-27-21/h4-11H,3,12H2,1-2H3,(H,29,30)(H,26,27,31). The maximum atomic E-state index is 11.9. The molecule has 5 aromatic rings. The third-order valence-corrected chi connectivity index (χ3v) is 7.36. The van der Waals surface area contributed by atoms with Crippen LogP contribution in [0, 0.1) is 6.92 Å². The highest BCUT2D eigenvalue weighted by Crippen LogP contribution is 2.35. The highest BCUT2D eigenvalue weighted by Gasteiger charge is 2.23. The van der Waals surface area contributed by atoms with Crippen LogP contribution in [0.3, 0.4) is 0 Å². The zero-order chi connectivity index (χ0) is 23.8. The molecule has 8 nitrogen and oxygen atoms in total. The van der Waals surface area contributed by atoms with Crippen LogP contribution in [0.2, 0.25) is 0 Å². The van der Waals surface area contributed by atoms with Crippen LogP contribution in [-0.2, 0) is 6.54 Å². The zero-order valence-electron chi connectivity index (χ0n) is 18.4. The monoisotopic (exact) mass is 492 g/mol. The van der Waals surface area contributed by atoms with Crippen molar-refractivity contribution < 1.29 is 14.4 Å². The van der Waals surface area contributed by atoms with Crippen LogP contribution in [0.4, 0.5) is 0 Å². The van der Waals surface area contributed by atoms with Crippen molar-refractivity contribution >= 4 is 40.1 Å². The van der Waals surface area contributed by atoms with Gasteiger partial charge in [0, 0.05) is 10.4 Å². The van der Waals surface area contributed by atoms with Crippen molar-refractivity contribution in [2.45, 2.75) is 25.5 Å². The Morgan fingerprint density at radius 1 is 1.15 bits per heavy atom. The van der Waals surface area contributed by atoms with E-state index < -0.39 is 11.7 Å². The van der Waals surface area contributed by atoms with E-state index in [1.165, 1.54) is 11.3 Å². The Morgan fingerprint density at radius 3 is 2.53 bits per heavy atom. The quantitative estimate of drug-likeness (QED) is 0.297. The van der Waals surface area contributed by atoms with Crippen molar-refractivity contribution in [2.75, 3.05) is 5.75 Å². The smallest absolute Gasteiger partial charge is 0.460 e. The number of carbonyl (C=O) groups is 1. The zero-order valence-corrected chi connectivity index (χ0v) is 20.0. The summed E-state index contributed by atoms with van der Waals surface area (Å²) in [6, 6.07) is 15.7. The van der Waals surface area contributed by atoms with Crippen LogP contribution >= 0.6 is 23.1 Å². The maximum Gasteiger partial charge on any atom is 0.460 e. The number of H-pyrrole nitrogens is 1. The van der Waals surface area contributed by atoms with Crippen LogP contribution in [0.5, 0.6) is 0 Å². The molecule has 172 valence electrons. The van der Waals surface area contributed by atoms with E-state index in [0.29, 0.717) is 22.8 Å². The fourth-order valence-electron chi connectivity index (χ4n) is 3.95. The molecular formula is C24H20N4O4S2. The lowest BCUT2D eigenvalue weighted by Crippen LogP contribution is -2.04. The highest BCUT2D eigenvalue weighted by atomic mass is 32.2. The second-order valence-electron chi connectivity index (χ2n) is 7.58. The Kier molecular flexibility index (Phi) is 5.84. The van der Waals surface area contributed by atoms with Gasteiger partial charge in [-0.2, -0.15) is 10.1 Å². The number of aromatic amines is 1. The molecule has 0 radical (unpaired) electrons. The number of hydrogen-bond acceptors (Lipinski definition) is 7. The molecule has 0 amide bonds. The molecule has 0 unspecified atom stereocenters. The van der Waals surface area contributed by atoms with E-state index in [0.717, 1.165) is 43.6 Å². The summed E-state index contributed by atoms with van der Waals surface area (Å²) in [6.45, 7) is 4.47. The Labute approximate surface area is 202 Å². The van der Waals surface area contributed by atoms with Gasteiger partial charge < -0.3 is 14.2 Å². The number of rotatable bonds is 7. The number of hydrogen-bond donors (Lipinski definition) is 2. The van der Waals surface area contributed by atoms with E-state index in [2.05, 4.69) is 17.1 Å². The van der Waals surface area contributed by atoms with Crippen molar-refractivity contribution in [1.82, 2.24) is 19.7 Å². The summed E-state index contributed by atoms with van der Waals surface area (Å²) < 4.78 is 6.74. The number of thiophene rings is 1. The van der Waals surface area contributed by atoms with Gasteiger partial charge in [0.25, 0.3) is 0 Å². The second-order valence-corrected chi connectivity index (χ2v) is 10.0. The minimum atomic E-state index is -0.935. The molecule has 0 spiro atoms. The predicted molar refractivity (Wildman–Crippen MR) is 133 cm³/mol.